The molecule has 0 fully saturated rings. The molecule has 0 aliphatic rings. The number of allylic oxidation sites excluding steroid dienone is 1. The Labute approximate surface area is 252 Å². The molecule has 0 spiro atoms. The van der Waals surface area contributed by atoms with Crippen molar-refractivity contribution in [1.29, 1.82) is 0 Å². The predicted molar refractivity (Wildman–Crippen MR) is 174 cm³/mol. The summed E-state index contributed by atoms with van der Waals surface area (Å²) >= 11 is 6.16. The molecule has 0 saturated carbocycles. The van der Waals surface area contributed by atoms with Crippen molar-refractivity contribution in [3.63, 3.8) is 0 Å². The summed E-state index contributed by atoms with van der Waals surface area (Å²) in [6, 6.07) is 30.9. The summed E-state index contributed by atoms with van der Waals surface area (Å²) in [5, 5.41) is 1.66. The zero-order chi connectivity index (χ0) is 29.9. The summed E-state index contributed by atoms with van der Waals surface area (Å²) in [5.41, 5.74) is 8.26. The highest BCUT2D eigenvalue weighted by Crippen LogP contribution is 2.36. The molecule has 0 bridgehead atoms. The van der Waals surface area contributed by atoms with E-state index in [4.69, 9.17) is 16.6 Å². The molecule has 6 heteroatoms. The third-order valence-corrected chi connectivity index (χ3v) is 8.60. The second-order valence-electron chi connectivity index (χ2n) is 10.6. The van der Waals surface area contributed by atoms with E-state index < -0.39 is 10.1 Å². The van der Waals surface area contributed by atoms with Gasteiger partial charge in [0.15, 0.2) is 0 Å². The molecule has 0 saturated heterocycles. The molecule has 5 rings (SSSR count). The van der Waals surface area contributed by atoms with Crippen LogP contribution in [0.25, 0.3) is 28.6 Å². The smallest absolute Gasteiger partial charge is 0.282 e. The van der Waals surface area contributed by atoms with Crippen LogP contribution >= 0.6 is 11.6 Å². The molecule has 0 aliphatic heterocycles. The van der Waals surface area contributed by atoms with Gasteiger partial charge in [0.2, 0.25) is 0 Å². The van der Waals surface area contributed by atoms with Crippen LogP contribution in [0.2, 0.25) is 5.02 Å². The van der Waals surface area contributed by atoms with Crippen molar-refractivity contribution < 1.29 is 13.0 Å². The molecule has 1 N–H and O–H groups in total. The van der Waals surface area contributed by atoms with Gasteiger partial charge in [-0.05, 0) is 84.8 Å². The first kappa shape index (κ1) is 29.5. The number of aryl methyl sites for hydroxylation is 2. The molecular weight excluding hydrogens is 562 g/mol. The number of benzene rings is 4. The Balaban J connectivity index is 1.54. The van der Waals surface area contributed by atoms with Gasteiger partial charge in [-0.15, -0.1) is 0 Å². The molecule has 4 aromatic carbocycles. The van der Waals surface area contributed by atoms with Crippen LogP contribution in [0.15, 0.2) is 109 Å². The highest BCUT2D eigenvalue weighted by molar-refractivity contribution is 7.85. The number of hydrogen-bond donors (Lipinski definition) is 1. The van der Waals surface area contributed by atoms with Crippen LogP contribution in [0.3, 0.4) is 0 Å². The number of hydrogen-bond acceptors (Lipinski definition) is 3. The Bertz CT molecular complexity index is 1930. The van der Waals surface area contributed by atoms with Crippen molar-refractivity contribution in [2.24, 2.45) is 0 Å². The first-order valence-corrected chi connectivity index (χ1v) is 15.6. The Morgan fingerprint density at radius 2 is 1.74 bits per heavy atom. The highest BCUT2D eigenvalue weighted by atomic mass is 35.5. The Morgan fingerprint density at radius 1 is 0.952 bits per heavy atom. The minimum atomic E-state index is -4.43. The van der Waals surface area contributed by atoms with E-state index in [1.807, 2.05) is 92.7 Å². The van der Waals surface area contributed by atoms with Crippen molar-refractivity contribution in [2.75, 3.05) is 0 Å². The van der Waals surface area contributed by atoms with Crippen molar-refractivity contribution in [3.8, 4) is 0 Å². The van der Waals surface area contributed by atoms with Crippen LogP contribution < -0.4 is 0 Å². The summed E-state index contributed by atoms with van der Waals surface area (Å²) in [4.78, 5) is 4.65. The van der Waals surface area contributed by atoms with E-state index in [9.17, 15) is 13.0 Å². The number of aromatic nitrogens is 1. The molecule has 1 atom stereocenters. The van der Waals surface area contributed by atoms with Crippen LogP contribution in [-0.4, -0.2) is 18.0 Å². The molecule has 0 unspecified atom stereocenters. The summed E-state index contributed by atoms with van der Waals surface area (Å²) < 4.78 is 35.1. The van der Waals surface area contributed by atoms with Gasteiger partial charge in [-0.3, -0.25) is 4.55 Å². The Hall–Kier alpha value is -4.03. The average Bonchev–Trinajstić information content (AvgIpc) is 2.96. The van der Waals surface area contributed by atoms with Crippen molar-refractivity contribution in [3.05, 3.63) is 148 Å². The van der Waals surface area contributed by atoms with Crippen molar-refractivity contribution in [2.45, 2.75) is 37.5 Å². The fraction of sp³-hybridized carbons (Fsp3) is 0.139. The van der Waals surface area contributed by atoms with Gasteiger partial charge in [0, 0.05) is 16.3 Å². The summed E-state index contributed by atoms with van der Waals surface area (Å²) in [6.45, 7) is 8.05. The maximum Gasteiger partial charge on any atom is 0.294 e. The van der Waals surface area contributed by atoms with E-state index in [1.165, 1.54) is 6.07 Å². The molecule has 1 aromatic heterocycles. The number of nitrogens with zero attached hydrogens (tertiary/aromatic N) is 1. The SMILES string of the molecule is C=C(C)c1ccccc1CC[C@@H](c1cccc(/C=C/c2ccc3ccc(Cl)cc3n2)c1)c1cc(C)ccc1S(=O)(=O)O. The number of pyridine rings is 1. The van der Waals surface area contributed by atoms with Gasteiger partial charge in [0.25, 0.3) is 10.1 Å². The second kappa shape index (κ2) is 12.5. The normalized spacial score (nSPS) is 12.6. The molecule has 1 heterocycles. The zero-order valence-electron chi connectivity index (χ0n) is 23.6. The fourth-order valence-corrected chi connectivity index (χ4v) is 6.30. The maximum absolute atomic E-state index is 12.5. The quantitative estimate of drug-likeness (QED) is 0.173. The third-order valence-electron chi connectivity index (χ3n) is 7.43. The lowest BCUT2D eigenvalue weighted by Gasteiger charge is -2.22. The summed E-state index contributed by atoms with van der Waals surface area (Å²) in [6.07, 6.45) is 5.29. The van der Waals surface area contributed by atoms with Gasteiger partial charge in [0.05, 0.1) is 16.1 Å². The minimum absolute atomic E-state index is 0.0637. The van der Waals surface area contributed by atoms with Crippen molar-refractivity contribution >= 4 is 50.3 Å². The van der Waals surface area contributed by atoms with Gasteiger partial charge in [-0.25, -0.2) is 4.98 Å². The predicted octanol–water partition coefficient (Wildman–Crippen LogP) is 9.41. The Morgan fingerprint density at radius 3 is 2.52 bits per heavy atom. The van der Waals surface area contributed by atoms with E-state index >= 15 is 0 Å². The molecule has 0 aliphatic carbocycles. The van der Waals surface area contributed by atoms with Gasteiger partial charge in [-0.1, -0.05) is 108 Å². The van der Waals surface area contributed by atoms with Crippen LogP contribution in [0.1, 0.15) is 58.3 Å². The van der Waals surface area contributed by atoms with Crippen LogP contribution in [0, 0.1) is 6.92 Å². The highest BCUT2D eigenvalue weighted by Gasteiger charge is 2.24. The van der Waals surface area contributed by atoms with E-state index in [2.05, 4.69) is 24.8 Å². The third kappa shape index (κ3) is 6.88. The molecule has 0 radical (unpaired) electrons. The van der Waals surface area contributed by atoms with Crippen LogP contribution in [-0.2, 0) is 16.5 Å². The summed E-state index contributed by atoms with van der Waals surface area (Å²) in [5.74, 6) is -0.283. The Kier molecular flexibility index (Phi) is 8.74. The van der Waals surface area contributed by atoms with Gasteiger partial charge in [0.1, 0.15) is 0 Å². The molecule has 0 amide bonds. The first-order chi connectivity index (χ1) is 20.1. The standard InChI is InChI=1S/C36H32ClNO3S/c1-24(2)32-10-5-4-8-27(32)15-19-33(34-21-25(3)11-20-36(34)42(39,40)41)29-9-6-7-26(22-29)12-17-31-18-14-28-13-16-30(37)23-35(28)38-31/h4-14,16-18,20-23,33H,1,15,19H2,2-3H3,(H,39,40,41)/b17-12+/t33-/m0/s1. The minimum Gasteiger partial charge on any atom is -0.282 e. The van der Waals surface area contributed by atoms with E-state index in [0.29, 0.717) is 23.4 Å². The van der Waals surface area contributed by atoms with E-state index in [-0.39, 0.29) is 10.8 Å². The monoisotopic (exact) mass is 593 g/mol. The van der Waals surface area contributed by atoms with Gasteiger partial charge < -0.3 is 0 Å². The fourth-order valence-electron chi connectivity index (χ4n) is 5.39. The molecule has 4 nitrogen and oxygen atoms in total. The first-order valence-electron chi connectivity index (χ1n) is 13.7. The number of fused-ring (bicyclic) bond motifs is 1. The van der Waals surface area contributed by atoms with Crippen LogP contribution in [0.5, 0.6) is 0 Å². The molecular formula is C36H32ClNO3S. The lowest BCUT2D eigenvalue weighted by Crippen LogP contribution is -2.11. The van der Waals surface area contributed by atoms with Crippen molar-refractivity contribution in [1.82, 2.24) is 4.98 Å². The number of halogens is 1. The second-order valence-corrected chi connectivity index (χ2v) is 12.4. The lowest BCUT2D eigenvalue weighted by atomic mass is 9.84. The topological polar surface area (TPSA) is 67.3 Å². The zero-order valence-corrected chi connectivity index (χ0v) is 25.2. The van der Waals surface area contributed by atoms with Gasteiger partial charge >= 0.3 is 0 Å². The average molecular weight is 594 g/mol. The van der Waals surface area contributed by atoms with E-state index in [1.54, 1.807) is 6.07 Å². The largest absolute Gasteiger partial charge is 0.294 e. The summed E-state index contributed by atoms with van der Waals surface area (Å²) in [7, 11) is -4.43. The van der Waals surface area contributed by atoms with Crippen LogP contribution in [0.4, 0.5) is 0 Å². The maximum atomic E-state index is 12.5. The van der Waals surface area contributed by atoms with Gasteiger partial charge in [-0.2, -0.15) is 8.42 Å². The lowest BCUT2D eigenvalue weighted by molar-refractivity contribution is 0.481. The molecule has 5 aromatic rings. The molecule has 212 valence electrons. The molecule has 42 heavy (non-hydrogen) atoms. The van der Waals surface area contributed by atoms with E-state index in [0.717, 1.165) is 50.0 Å². The number of rotatable bonds is 9.